The van der Waals surface area contributed by atoms with Gasteiger partial charge in [0.05, 0.1) is 16.3 Å². The van der Waals surface area contributed by atoms with E-state index in [4.69, 9.17) is 0 Å². The van der Waals surface area contributed by atoms with Crippen LogP contribution in [-0.4, -0.2) is 32.8 Å². The Bertz CT molecular complexity index is 1060. The van der Waals surface area contributed by atoms with Crippen molar-refractivity contribution < 1.29 is 22.4 Å². The Kier molecular flexibility index (Phi) is 4.89. The molecule has 5 nitrogen and oxygen atoms in total. The van der Waals surface area contributed by atoms with Crippen molar-refractivity contribution in [3.05, 3.63) is 35.3 Å². The molecular formula is C22H24F4N4OS. The van der Waals surface area contributed by atoms with Gasteiger partial charge in [-0.15, -0.1) is 11.8 Å². The summed E-state index contributed by atoms with van der Waals surface area (Å²) >= 11 is 1.39. The van der Waals surface area contributed by atoms with Crippen LogP contribution in [0.2, 0.25) is 0 Å². The minimum Gasteiger partial charge on any atom is -0.321 e. The topological polar surface area (TPSA) is 59.8 Å². The van der Waals surface area contributed by atoms with Gasteiger partial charge in [-0.2, -0.15) is 5.10 Å². The number of carbonyl (C=O) groups is 1. The van der Waals surface area contributed by atoms with Crippen molar-refractivity contribution in [3.8, 4) is 0 Å². The molecule has 0 radical (unpaired) electrons. The molecule has 0 spiro atoms. The normalized spacial score (nSPS) is 26.8. The minimum atomic E-state index is -2.89. The van der Waals surface area contributed by atoms with Gasteiger partial charge in [0.25, 0.3) is 12.3 Å². The van der Waals surface area contributed by atoms with Gasteiger partial charge in [0.1, 0.15) is 5.69 Å². The molecule has 4 fully saturated rings. The van der Waals surface area contributed by atoms with Crippen LogP contribution in [0.15, 0.2) is 23.4 Å². The number of amides is 1. The maximum absolute atomic E-state index is 14.3. The third kappa shape index (κ3) is 3.50. The zero-order chi connectivity index (χ0) is 22.9. The van der Waals surface area contributed by atoms with Gasteiger partial charge >= 0.3 is 0 Å². The van der Waals surface area contributed by atoms with E-state index in [1.54, 1.807) is 19.1 Å². The van der Waals surface area contributed by atoms with Gasteiger partial charge < -0.3 is 5.32 Å². The molecule has 2 aromatic rings. The number of anilines is 1. The smallest absolute Gasteiger partial charge is 0.274 e. The summed E-state index contributed by atoms with van der Waals surface area (Å²) in [4.78, 5) is 17.4. The first-order valence-electron chi connectivity index (χ1n) is 10.6. The second-order valence-corrected chi connectivity index (χ2v) is 10.7. The minimum absolute atomic E-state index is 0.00300. The average Bonchev–Trinajstić information content (AvgIpc) is 2.96. The van der Waals surface area contributed by atoms with E-state index in [9.17, 15) is 22.4 Å². The van der Waals surface area contributed by atoms with E-state index in [2.05, 4.69) is 15.4 Å². The van der Waals surface area contributed by atoms with Gasteiger partial charge in [0.15, 0.2) is 0 Å². The van der Waals surface area contributed by atoms with Crippen molar-refractivity contribution in [3.63, 3.8) is 0 Å². The lowest BCUT2D eigenvalue weighted by Crippen LogP contribution is -2.56. The lowest BCUT2D eigenvalue weighted by molar-refractivity contribution is -0.160. The maximum atomic E-state index is 14.3. The molecule has 0 aliphatic heterocycles. The SMILES string of the molecule is CSc1cc(NC(=O)c2c(C(F)F)c(C34CC(C3)C4)nn2CC2(C)CC(F)(F)C2)ccn1. The second kappa shape index (κ2) is 7.20. The van der Waals surface area contributed by atoms with Crippen LogP contribution in [0, 0.1) is 11.3 Å². The van der Waals surface area contributed by atoms with E-state index in [0.717, 1.165) is 19.3 Å². The Labute approximate surface area is 187 Å². The standard InChI is InChI=1S/C22H24F4N4OS/c1-20(9-22(25,26)10-20)11-30-16(19(31)28-13-3-4-27-14(5-13)32-2)15(18(23)24)17(29-30)21-6-12(7-21)8-21/h3-5,12,18H,6-11H2,1-2H3,(H,27,28,31). The van der Waals surface area contributed by atoms with Crippen LogP contribution in [0.4, 0.5) is 23.2 Å². The molecule has 32 heavy (non-hydrogen) atoms. The highest BCUT2D eigenvalue weighted by Crippen LogP contribution is 2.66. The number of rotatable bonds is 7. The van der Waals surface area contributed by atoms with Crippen LogP contribution in [0.25, 0.3) is 0 Å². The molecule has 0 aromatic carbocycles. The molecule has 2 heterocycles. The summed E-state index contributed by atoms with van der Waals surface area (Å²) in [5.41, 5.74) is -1.08. The Morgan fingerprint density at radius 2 is 2.00 bits per heavy atom. The number of nitrogens with zero attached hydrogens (tertiary/aromatic N) is 3. The number of thioether (sulfide) groups is 1. The first kappa shape index (κ1) is 21.7. The van der Waals surface area contributed by atoms with Gasteiger partial charge in [-0.1, -0.05) is 6.92 Å². The Hall–Kier alpha value is -2.10. The van der Waals surface area contributed by atoms with E-state index in [1.165, 1.54) is 22.6 Å². The quantitative estimate of drug-likeness (QED) is 0.420. The first-order chi connectivity index (χ1) is 15.0. The summed E-state index contributed by atoms with van der Waals surface area (Å²) in [5, 5.41) is 7.84. The van der Waals surface area contributed by atoms with Crippen LogP contribution in [0.3, 0.4) is 0 Å². The number of hydrogen-bond donors (Lipinski definition) is 1. The fourth-order valence-corrected chi connectivity index (χ4v) is 6.07. The van der Waals surface area contributed by atoms with E-state index >= 15 is 0 Å². The Morgan fingerprint density at radius 3 is 2.53 bits per heavy atom. The molecule has 0 unspecified atom stereocenters. The van der Waals surface area contributed by atoms with Crippen LogP contribution in [0.5, 0.6) is 0 Å². The highest BCUT2D eigenvalue weighted by molar-refractivity contribution is 7.98. The summed E-state index contributed by atoms with van der Waals surface area (Å²) in [6.45, 7) is 1.68. The number of aromatic nitrogens is 3. The Balaban J connectivity index is 1.53. The van der Waals surface area contributed by atoms with E-state index in [1.807, 2.05) is 6.26 Å². The molecule has 0 saturated heterocycles. The number of pyridine rings is 1. The molecule has 2 aromatic heterocycles. The lowest BCUT2D eigenvalue weighted by Gasteiger charge is -2.61. The van der Waals surface area contributed by atoms with Crippen molar-refractivity contribution in [2.75, 3.05) is 11.6 Å². The highest BCUT2D eigenvalue weighted by Gasteiger charge is 2.61. The van der Waals surface area contributed by atoms with Crippen LogP contribution in [-0.2, 0) is 12.0 Å². The maximum Gasteiger partial charge on any atom is 0.274 e. The third-order valence-corrected chi connectivity index (χ3v) is 7.71. The van der Waals surface area contributed by atoms with Crippen molar-refractivity contribution in [1.82, 2.24) is 14.8 Å². The van der Waals surface area contributed by atoms with E-state index in [0.29, 0.717) is 16.6 Å². The molecule has 1 N–H and O–H groups in total. The predicted octanol–water partition coefficient (Wildman–Crippen LogP) is 5.68. The Morgan fingerprint density at radius 1 is 1.31 bits per heavy atom. The molecule has 6 rings (SSSR count). The van der Waals surface area contributed by atoms with E-state index in [-0.39, 0.29) is 36.3 Å². The lowest BCUT2D eigenvalue weighted by atomic mass is 9.43. The molecule has 172 valence electrons. The number of carbonyl (C=O) groups excluding carboxylic acids is 1. The van der Waals surface area contributed by atoms with Crippen molar-refractivity contribution in [2.45, 2.75) is 68.4 Å². The van der Waals surface area contributed by atoms with E-state index < -0.39 is 29.1 Å². The summed E-state index contributed by atoms with van der Waals surface area (Å²) in [6.07, 6.45) is 2.15. The van der Waals surface area contributed by atoms with Crippen LogP contribution >= 0.6 is 11.8 Å². The van der Waals surface area contributed by atoms with Gasteiger partial charge in [0, 0.05) is 36.7 Å². The van der Waals surface area contributed by atoms with Crippen molar-refractivity contribution in [2.24, 2.45) is 11.3 Å². The monoisotopic (exact) mass is 468 g/mol. The average molecular weight is 469 g/mol. The van der Waals surface area contributed by atoms with Crippen molar-refractivity contribution in [1.29, 1.82) is 0 Å². The summed E-state index contributed by atoms with van der Waals surface area (Å²) in [7, 11) is 0. The summed E-state index contributed by atoms with van der Waals surface area (Å²) in [6, 6.07) is 3.23. The molecule has 4 aliphatic carbocycles. The summed E-state index contributed by atoms with van der Waals surface area (Å²) in [5.74, 6) is -2.94. The van der Waals surface area contributed by atoms with Crippen LogP contribution in [0.1, 0.15) is 67.2 Å². The fourth-order valence-electron chi connectivity index (χ4n) is 5.66. The molecule has 4 aliphatic rings. The zero-order valence-corrected chi connectivity index (χ0v) is 18.6. The van der Waals surface area contributed by atoms with Gasteiger partial charge in [-0.3, -0.25) is 9.48 Å². The van der Waals surface area contributed by atoms with Gasteiger partial charge in [-0.25, -0.2) is 22.5 Å². The van der Waals surface area contributed by atoms with Crippen molar-refractivity contribution >= 4 is 23.4 Å². The largest absolute Gasteiger partial charge is 0.321 e. The molecule has 4 saturated carbocycles. The predicted molar refractivity (Wildman–Crippen MR) is 112 cm³/mol. The molecule has 0 atom stereocenters. The second-order valence-electron chi connectivity index (χ2n) is 9.89. The number of hydrogen-bond acceptors (Lipinski definition) is 4. The summed E-state index contributed by atoms with van der Waals surface area (Å²) < 4.78 is 57.1. The fraction of sp³-hybridized carbons (Fsp3) is 0.591. The zero-order valence-electron chi connectivity index (χ0n) is 17.8. The number of alkyl halides is 4. The molecule has 2 bridgehead atoms. The number of halogens is 4. The van der Waals surface area contributed by atoms with Gasteiger partial charge in [0.2, 0.25) is 5.92 Å². The first-order valence-corrected chi connectivity index (χ1v) is 11.8. The molecule has 1 amide bonds. The number of nitrogens with one attached hydrogen (secondary N) is 1. The van der Waals surface area contributed by atoms with Gasteiger partial charge in [-0.05, 0) is 49.0 Å². The highest BCUT2D eigenvalue weighted by atomic mass is 32.2. The molecular weight excluding hydrogens is 444 g/mol. The molecule has 10 heteroatoms. The van der Waals surface area contributed by atoms with Crippen LogP contribution < -0.4 is 5.32 Å². The third-order valence-electron chi connectivity index (χ3n) is 7.07.